The van der Waals surface area contributed by atoms with Crippen molar-refractivity contribution in [3.05, 3.63) is 93.9 Å². The van der Waals surface area contributed by atoms with Crippen molar-refractivity contribution in [1.29, 1.82) is 0 Å². The van der Waals surface area contributed by atoms with Crippen molar-refractivity contribution < 1.29 is 13.2 Å². The number of hydrogen-bond acceptors (Lipinski definition) is 4. The fraction of sp³-hybridized carbons (Fsp3) is 0.0909. The van der Waals surface area contributed by atoms with Crippen LogP contribution >= 0.6 is 23.2 Å². The van der Waals surface area contributed by atoms with E-state index in [-0.39, 0.29) is 22.0 Å². The highest BCUT2D eigenvalue weighted by Gasteiger charge is 2.20. The van der Waals surface area contributed by atoms with E-state index in [0.717, 1.165) is 11.2 Å². The summed E-state index contributed by atoms with van der Waals surface area (Å²) in [5.41, 5.74) is 3.02. The van der Waals surface area contributed by atoms with Gasteiger partial charge in [0.2, 0.25) is 0 Å². The molecule has 2 N–H and O–H groups in total. The molecule has 0 saturated heterocycles. The second-order valence-electron chi connectivity index (χ2n) is 7.14. The molecule has 0 unspecified atom stereocenters. The fourth-order valence-corrected chi connectivity index (χ4v) is 4.78. The first-order valence-electron chi connectivity index (χ1n) is 9.52. The summed E-state index contributed by atoms with van der Waals surface area (Å²) in [6, 6.07) is 14.2. The van der Waals surface area contributed by atoms with Crippen LogP contribution < -0.4 is 10.0 Å². The van der Waals surface area contributed by atoms with Crippen LogP contribution in [0.3, 0.4) is 0 Å². The molecule has 4 rings (SSSR count). The number of aromatic nitrogens is 2. The van der Waals surface area contributed by atoms with Crippen molar-refractivity contribution >= 4 is 50.5 Å². The third kappa shape index (κ3) is 4.88. The van der Waals surface area contributed by atoms with Crippen molar-refractivity contribution in [2.45, 2.75) is 18.4 Å². The summed E-state index contributed by atoms with van der Waals surface area (Å²) in [4.78, 5) is 16.9. The normalized spacial score (nSPS) is 11.5. The van der Waals surface area contributed by atoms with E-state index in [0.29, 0.717) is 16.4 Å². The molecule has 32 heavy (non-hydrogen) atoms. The van der Waals surface area contributed by atoms with Crippen LogP contribution in [-0.2, 0) is 16.6 Å². The van der Waals surface area contributed by atoms with E-state index in [1.165, 1.54) is 30.3 Å². The predicted octanol–water partition coefficient (Wildman–Crippen LogP) is 4.68. The Morgan fingerprint density at radius 1 is 1.06 bits per heavy atom. The topological polar surface area (TPSA) is 92.6 Å². The molecule has 10 heteroatoms. The Morgan fingerprint density at radius 2 is 1.81 bits per heavy atom. The molecule has 0 fully saturated rings. The number of rotatable bonds is 6. The average molecular weight is 489 g/mol. The molecule has 0 aliphatic heterocycles. The number of carbonyl (C=O) groups excluding carboxylic acids is 1. The zero-order valence-electron chi connectivity index (χ0n) is 16.8. The Bertz CT molecular complexity index is 1420. The zero-order valence-corrected chi connectivity index (χ0v) is 19.2. The minimum atomic E-state index is -4.02. The van der Waals surface area contributed by atoms with Crippen molar-refractivity contribution in [3.63, 3.8) is 0 Å². The van der Waals surface area contributed by atoms with Crippen LogP contribution in [0, 0.1) is 6.92 Å². The second-order valence-corrected chi connectivity index (χ2v) is 9.64. The van der Waals surface area contributed by atoms with Crippen LogP contribution in [0.15, 0.2) is 71.9 Å². The number of halogens is 2. The lowest BCUT2D eigenvalue weighted by Gasteiger charge is -2.11. The van der Waals surface area contributed by atoms with Crippen LogP contribution in [-0.4, -0.2) is 23.7 Å². The molecule has 0 aliphatic rings. The van der Waals surface area contributed by atoms with E-state index < -0.39 is 15.9 Å². The third-order valence-electron chi connectivity index (χ3n) is 4.68. The molecule has 2 heterocycles. The molecular weight excluding hydrogens is 471 g/mol. The van der Waals surface area contributed by atoms with Crippen LogP contribution in [0.2, 0.25) is 10.0 Å². The Balaban J connectivity index is 1.51. The summed E-state index contributed by atoms with van der Waals surface area (Å²) >= 11 is 12.0. The first kappa shape index (κ1) is 22.1. The van der Waals surface area contributed by atoms with E-state index in [4.69, 9.17) is 23.2 Å². The number of anilines is 1. The first-order valence-corrected chi connectivity index (χ1v) is 11.8. The van der Waals surface area contributed by atoms with Gasteiger partial charge in [-0.15, -0.1) is 0 Å². The minimum Gasteiger partial charge on any atom is -0.346 e. The van der Waals surface area contributed by atoms with Crippen molar-refractivity contribution in [2.24, 2.45) is 0 Å². The Hall–Kier alpha value is -3.07. The van der Waals surface area contributed by atoms with Gasteiger partial charge in [-0.05, 0) is 67.1 Å². The lowest BCUT2D eigenvalue weighted by Crippen LogP contribution is -2.23. The molecule has 0 atom stereocenters. The van der Waals surface area contributed by atoms with Crippen molar-refractivity contribution in [2.75, 3.05) is 4.72 Å². The van der Waals surface area contributed by atoms with Gasteiger partial charge in [-0.25, -0.2) is 13.4 Å². The molecule has 1 amide bonds. The van der Waals surface area contributed by atoms with Crippen molar-refractivity contribution in [1.82, 2.24) is 14.7 Å². The monoisotopic (exact) mass is 488 g/mol. The van der Waals surface area contributed by atoms with Gasteiger partial charge in [-0.3, -0.25) is 9.52 Å². The number of amides is 1. The predicted molar refractivity (Wildman–Crippen MR) is 125 cm³/mol. The number of benzene rings is 2. The number of nitrogens with zero attached hydrogens (tertiary/aromatic N) is 2. The summed E-state index contributed by atoms with van der Waals surface area (Å²) in [6.07, 6.45) is 3.72. The number of pyridine rings is 1. The number of imidazole rings is 1. The van der Waals surface area contributed by atoms with Gasteiger partial charge in [0.15, 0.2) is 0 Å². The molecule has 7 nitrogen and oxygen atoms in total. The minimum absolute atomic E-state index is 0.00117. The standard InChI is InChI=1S/C22H18Cl2N4O3S/c1-14-8-9-28-13-18(26-21(28)10-14)12-25-22(29)15-2-7-19(24)20(11-15)32(30,31)27-17-5-3-16(23)4-6-17/h2-11,13,27H,12H2,1H3,(H,25,29). The Kier molecular flexibility index (Phi) is 6.10. The highest BCUT2D eigenvalue weighted by Crippen LogP contribution is 2.25. The van der Waals surface area contributed by atoms with E-state index in [1.807, 2.05) is 35.9 Å². The van der Waals surface area contributed by atoms with Crippen LogP contribution in [0.1, 0.15) is 21.6 Å². The quantitative estimate of drug-likeness (QED) is 0.412. The summed E-state index contributed by atoms with van der Waals surface area (Å²) in [7, 11) is -4.02. The molecule has 0 spiro atoms. The van der Waals surface area contributed by atoms with Gasteiger partial charge in [-0.1, -0.05) is 23.2 Å². The number of hydrogen-bond donors (Lipinski definition) is 2. The first-order chi connectivity index (χ1) is 15.2. The van der Waals surface area contributed by atoms with Gasteiger partial charge >= 0.3 is 0 Å². The van der Waals surface area contributed by atoms with Crippen LogP contribution in [0.5, 0.6) is 0 Å². The Morgan fingerprint density at radius 3 is 2.56 bits per heavy atom. The molecule has 2 aromatic carbocycles. The van der Waals surface area contributed by atoms with Gasteiger partial charge in [0.05, 0.1) is 17.3 Å². The molecular formula is C22H18Cl2N4O3S. The largest absolute Gasteiger partial charge is 0.346 e. The lowest BCUT2D eigenvalue weighted by molar-refractivity contribution is 0.0950. The zero-order chi connectivity index (χ0) is 22.9. The van der Waals surface area contributed by atoms with Gasteiger partial charge in [-0.2, -0.15) is 0 Å². The molecule has 0 saturated carbocycles. The lowest BCUT2D eigenvalue weighted by atomic mass is 10.2. The number of aryl methyl sites for hydroxylation is 1. The van der Waals surface area contributed by atoms with Gasteiger partial charge in [0.25, 0.3) is 15.9 Å². The van der Waals surface area contributed by atoms with Crippen LogP contribution in [0.25, 0.3) is 5.65 Å². The number of nitrogens with one attached hydrogen (secondary N) is 2. The molecule has 0 bridgehead atoms. The maximum absolute atomic E-state index is 12.8. The van der Waals surface area contributed by atoms with E-state index in [9.17, 15) is 13.2 Å². The van der Waals surface area contributed by atoms with E-state index >= 15 is 0 Å². The van der Waals surface area contributed by atoms with Gasteiger partial charge in [0, 0.05) is 28.7 Å². The SMILES string of the molecule is Cc1ccn2cc(CNC(=O)c3ccc(Cl)c(S(=O)(=O)Nc4ccc(Cl)cc4)c3)nc2c1. The van der Waals surface area contributed by atoms with Gasteiger partial charge in [0.1, 0.15) is 10.5 Å². The molecule has 4 aromatic rings. The molecule has 2 aromatic heterocycles. The summed E-state index contributed by atoms with van der Waals surface area (Å²) in [6.45, 7) is 2.16. The number of fused-ring (bicyclic) bond motifs is 1. The molecule has 164 valence electrons. The maximum atomic E-state index is 12.8. The van der Waals surface area contributed by atoms with Crippen LogP contribution in [0.4, 0.5) is 5.69 Å². The average Bonchev–Trinajstić information content (AvgIpc) is 3.15. The number of carbonyl (C=O) groups is 1. The Labute approximate surface area is 195 Å². The second kappa shape index (κ2) is 8.82. The highest BCUT2D eigenvalue weighted by atomic mass is 35.5. The molecule has 0 aliphatic carbocycles. The van der Waals surface area contributed by atoms with E-state index in [1.54, 1.807) is 12.1 Å². The smallest absolute Gasteiger partial charge is 0.263 e. The summed E-state index contributed by atoms with van der Waals surface area (Å²) in [5, 5.41) is 3.23. The summed E-state index contributed by atoms with van der Waals surface area (Å²) in [5.74, 6) is -0.446. The number of sulfonamides is 1. The highest BCUT2D eigenvalue weighted by molar-refractivity contribution is 7.92. The maximum Gasteiger partial charge on any atom is 0.263 e. The summed E-state index contributed by atoms with van der Waals surface area (Å²) < 4.78 is 29.9. The molecule has 0 radical (unpaired) electrons. The third-order valence-corrected chi connectivity index (χ3v) is 6.79. The van der Waals surface area contributed by atoms with Crippen molar-refractivity contribution in [3.8, 4) is 0 Å². The van der Waals surface area contributed by atoms with E-state index in [2.05, 4.69) is 15.0 Å². The fourth-order valence-electron chi connectivity index (χ4n) is 3.07. The van der Waals surface area contributed by atoms with Gasteiger partial charge < -0.3 is 9.72 Å².